The van der Waals surface area contributed by atoms with Crippen LogP contribution in [-0.2, 0) is 0 Å². The maximum Gasteiger partial charge on any atom is 0.218 e. The van der Waals surface area contributed by atoms with Gasteiger partial charge in [0.1, 0.15) is 12.1 Å². The summed E-state index contributed by atoms with van der Waals surface area (Å²) >= 11 is 2.04. The molecule has 1 aromatic rings. The topological polar surface area (TPSA) is 47.0 Å². The molecule has 0 aliphatic heterocycles. The summed E-state index contributed by atoms with van der Waals surface area (Å²) in [7, 11) is 1.62. The molecule has 94 valence electrons. The van der Waals surface area contributed by atoms with Gasteiger partial charge in [-0.15, -0.1) is 0 Å². The van der Waals surface area contributed by atoms with E-state index < -0.39 is 0 Å². The average Bonchev–Trinajstić information content (AvgIpc) is 2.78. The molecule has 1 fully saturated rings. The molecule has 0 aromatic carbocycles. The van der Waals surface area contributed by atoms with E-state index in [1.54, 1.807) is 7.11 Å². The Morgan fingerprint density at radius 2 is 2.35 bits per heavy atom. The molecular formula is C12H19N3OS. The third-order valence-electron chi connectivity index (χ3n) is 3.02. The highest BCUT2D eigenvalue weighted by Crippen LogP contribution is 2.31. The number of nitrogens with zero attached hydrogens (tertiary/aromatic N) is 2. The molecule has 0 amide bonds. The quantitative estimate of drug-likeness (QED) is 0.874. The van der Waals surface area contributed by atoms with Crippen molar-refractivity contribution in [2.75, 3.05) is 18.2 Å². The van der Waals surface area contributed by atoms with Crippen LogP contribution in [0.3, 0.4) is 0 Å². The number of hydrogen-bond acceptors (Lipinski definition) is 5. The molecule has 5 heteroatoms. The summed E-state index contributed by atoms with van der Waals surface area (Å²) in [6, 6.07) is 2.38. The molecule has 1 heterocycles. The van der Waals surface area contributed by atoms with Gasteiger partial charge in [0.25, 0.3) is 0 Å². The summed E-state index contributed by atoms with van der Waals surface area (Å²) in [4.78, 5) is 8.24. The van der Waals surface area contributed by atoms with Crippen LogP contribution in [0.1, 0.15) is 26.2 Å². The van der Waals surface area contributed by atoms with Gasteiger partial charge in [-0.1, -0.05) is 13.3 Å². The van der Waals surface area contributed by atoms with Gasteiger partial charge in [-0.3, -0.25) is 0 Å². The van der Waals surface area contributed by atoms with Crippen molar-refractivity contribution in [2.45, 2.75) is 37.5 Å². The summed E-state index contributed by atoms with van der Waals surface area (Å²) in [6.45, 7) is 2.22. The normalized spacial score (nSPS) is 23.6. The minimum atomic E-state index is 0.527. The second-order valence-corrected chi connectivity index (χ2v) is 5.64. The zero-order chi connectivity index (χ0) is 12.1. The van der Waals surface area contributed by atoms with Gasteiger partial charge in [-0.25, -0.2) is 9.97 Å². The van der Waals surface area contributed by atoms with Gasteiger partial charge in [-0.2, -0.15) is 11.8 Å². The molecule has 2 unspecified atom stereocenters. The van der Waals surface area contributed by atoms with Crippen LogP contribution in [0.4, 0.5) is 5.82 Å². The van der Waals surface area contributed by atoms with E-state index in [2.05, 4.69) is 22.2 Å². The smallest absolute Gasteiger partial charge is 0.218 e. The van der Waals surface area contributed by atoms with Gasteiger partial charge in [0.05, 0.1) is 7.11 Å². The van der Waals surface area contributed by atoms with Crippen molar-refractivity contribution < 1.29 is 4.74 Å². The fraction of sp³-hybridized carbons (Fsp3) is 0.667. The van der Waals surface area contributed by atoms with Crippen LogP contribution in [0.2, 0.25) is 0 Å². The van der Waals surface area contributed by atoms with E-state index in [9.17, 15) is 0 Å². The van der Waals surface area contributed by atoms with Crippen molar-refractivity contribution in [3.63, 3.8) is 0 Å². The van der Waals surface area contributed by atoms with E-state index >= 15 is 0 Å². The van der Waals surface area contributed by atoms with Crippen LogP contribution in [0.5, 0.6) is 5.88 Å². The van der Waals surface area contributed by atoms with Gasteiger partial charge in [0.15, 0.2) is 0 Å². The van der Waals surface area contributed by atoms with Crippen molar-refractivity contribution in [3.05, 3.63) is 12.4 Å². The Bertz CT molecular complexity index is 361. The Labute approximate surface area is 107 Å². The molecule has 1 aromatic heterocycles. The standard InChI is InChI=1S/C12H19N3OS/c1-3-17-10-6-4-5-9(10)15-11-7-12(16-2)14-8-13-11/h7-10H,3-6H2,1-2H3,(H,13,14,15). The Kier molecular flexibility index (Phi) is 4.48. The number of ether oxygens (including phenoxy) is 1. The first-order valence-electron chi connectivity index (χ1n) is 6.07. The second-order valence-electron chi connectivity index (χ2n) is 4.12. The largest absolute Gasteiger partial charge is 0.481 e. The molecule has 1 aliphatic rings. The number of thioether (sulfide) groups is 1. The van der Waals surface area contributed by atoms with Gasteiger partial charge in [0.2, 0.25) is 5.88 Å². The molecule has 1 aliphatic carbocycles. The maximum absolute atomic E-state index is 5.10. The zero-order valence-corrected chi connectivity index (χ0v) is 11.2. The van der Waals surface area contributed by atoms with Gasteiger partial charge >= 0.3 is 0 Å². The van der Waals surface area contributed by atoms with Crippen molar-refractivity contribution in [1.82, 2.24) is 9.97 Å². The summed E-state index contributed by atoms with van der Waals surface area (Å²) in [6.07, 6.45) is 5.37. The van der Waals surface area contributed by atoms with E-state index in [-0.39, 0.29) is 0 Å². The first-order valence-corrected chi connectivity index (χ1v) is 7.12. The van der Waals surface area contributed by atoms with Crippen LogP contribution < -0.4 is 10.1 Å². The predicted molar refractivity (Wildman–Crippen MR) is 71.8 cm³/mol. The van der Waals surface area contributed by atoms with Crippen LogP contribution in [0.15, 0.2) is 12.4 Å². The molecule has 1 N–H and O–H groups in total. The SMILES string of the molecule is CCSC1CCCC1Nc1cc(OC)ncn1. The van der Waals surface area contributed by atoms with Gasteiger partial charge in [-0.05, 0) is 18.6 Å². The molecule has 1 saturated carbocycles. The molecule has 0 radical (unpaired) electrons. The minimum absolute atomic E-state index is 0.527. The summed E-state index contributed by atoms with van der Waals surface area (Å²) < 4.78 is 5.10. The lowest BCUT2D eigenvalue weighted by atomic mass is 10.2. The van der Waals surface area contributed by atoms with E-state index in [1.807, 2.05) is 17.8 Å². The number of hydrogen-bond donors (Lipinski definition) is 1. The number of nitrogens with one attached hydrogen (secondary N) is 1. The first kappa shape index (κ1) is 12.5. The van der Waals surface area contributed by atoms with Gasteiger partial charge in [0, 0.05) is 17.4 Å². The maximum atomic E-state index is 5.10. The Hall–Kier alpha value is -0.970. The molecule has 0 saturated heterocycles. The van der Waals surface area contributed by atoms with Crippen LogP contribution in [0.25, 0.3) is 0 Å². The molecule has 2 atom stereocenters. The second kappa shape index (κ2) is 6.10. The van der Waals surface area contributed by atoms with Crippen molar-refractivity contribution >= 4 is 17.6 Å². The predicted octanol–water partition coefficient (Wildman–Crippen LogP) is 2.57. The summed E-state index contributed by atoms with van der Waals surface area (Å²) in [5, 5.41) is 4.21. The van der Waals surface area contributed by atoms with Crippen molar-refractivity contribution in [1.29, 1.82) is 0 Å². The molecular weight excluding hydrogens is 234 g/mol. The Morgan fingerprint density at radius 1 is 1.47 bits per heavy atom. The van der Waals surface area contributed by atoms with Gasteiger partial charge < -0.3 is 10.1 Å². The average molecular weight is 253 g/mol. The van der Waals surface area contributed by atoms with E-state index in [0.29, 0.717) is 17.2 Å². The number of aromatic nitrogens is 2. The number of methoxy groups -OCH3 is 1. The third-order valence-corrected chi connectivity index (χ3v) is 4.34. The highest BCUT2D eigenvalue weighted by atomic mass is 32.2. The highest BCUT2D eigenvalue weighted by Gasteiger charge is 2.27. The molecule has 17 heavy (non-hydrogen) atoms. The van der Waals surface area contributed by atoms with E-state index in [0.717, 1.165) is 5.82 Å². The van der Waals surface area contributed by atoms with Crippen LogP contribution >= 0.6 is 11.8 Å². The molecule has 0 bridgehead atoms. The van der Waals surface area contributed by atoms with E-state index in [4.69, 9.17) is 4.74 Å². The number of anilines is 1. The first-order chi connectivity index (χ1) is 8.33. The van der Waals surface area contributed by atoms with Crippen LogP contribution in [0, 0.1) is 0 Å². The fourth-order valence-corrected chi connectivity index (χ4v) is 3.42. The van der Waals surface area contributed by atoms with Crippen molar-refractivity contribution in [2.24, 2.45) is 0 Å². The van der Waals surface area contributed by atoms with Crippen LogP contribution in [-0.4, -0.2) is 34.1 Å². The third kappa shape index (κ3) is 3.25. The van der Waals surface area contributed by atoms with E-state index in [1.165, 1.54) is 31.3 Å². The Morgan fingerprint density at radius 3 is 3.12 bits per heavy atom. The monoisotopic (exact) mass is 253 g/mol. The lowest BCUT2D eigenvalue weighted by Crippen LogP contribution is -2.26. The lowest BCUT2D eigenvalue weighted by Gasteiger charge is -2.20. The zero-order valence-electron chi connectivity index (χ0n) is 10.3. The van der Waals surface area contributed by atoms with Crippen molar-refractivity contribution in [3.8, 4) is 5.88 Å². The Balaban J connectivity index is 1.99. The summed E-state index contributed by atoms with van der Waals surface area (Å²) in [5.74, 6) is 2.65. The lowest BCUT2D eigenvalue weighted by molar-refractivity contribution is 0.397. The number of rotatable bonds is 5. The minimum Gasteiger partial charge on any atom is -0.481 e. The molecule has 4 nitrogen and oxygen atoms in total. The highest BCUT2D eigenvalue weighted by molar-refractivity contribution is 7.99. The molecule has 2 rings (SSSR count). The fourth-order valence-electron chi connectivity index (χ4n) is 2.22. The summed E-state index contributed by atoms with van der Waals surface area (Å²) in [5.41, 5.74) is 0. The molecule has 0 spiro atoms.